The summed E-state index contributed by atoms with van der Waals surface area (Å²) in [5, 5.41) is 9.50. The van der Waals surface area contributed by atoms with E-state index < -0.39 is 0 Å². The predicted molar refractivity (Wildman–Crippen MR) is 240 cm³/mol. The van der Waals surface area contributed by atoms with Crippen LogP contribution in [0.5, 0.6) is 0 Å². The summed E-state index contributed by atoms with van der Waals surface area (Å²) >= 11 is 0. The molecule has 0 N–H and O–H groups in total. The Morgan fingerprint density at radius 1 is 0.276 bits per heavy atom. The van der Waals surface area contributed by atoms with E-state index in [1.807, 2.05) is 0 Å². The van der Waals surface area contributed by atoms with E-state index in [1.54, 1.807) is 0 Å². The normalized spacial score (nSPS) is 11.8. The summed E-state index contributed by atoms with van der Waals surface area (Å²) < 4.78 is 4.70. The van der Waals surface area contributed by atoms with Gasteiger partial charge in [-0.25, -0.2) is 15.0 Å². The van der Waals surface area contributed by atoms with Gasteiger partial charge in [0.1, 0.15) is 0 Å². The van der Waals surface area contributed by atoms with Gasteiger partial charge in [-0.15, -0.1) is 0 Å². The Bertz CT molecular complexity index is 3570. The second-order valence-corrected chi connectivity index (χ2v) is 14.9. The lowest BCUT2D eigenvalue weighted by Gasteiger charge is -2.13. The third-order valence-corrected chi connectivity index (χ3v) is 11.5. The molecule has 0 aliphatic heterocycles. The van der Waals surface area contributed by atoms with Gasteiger partial charge in [-0.3, -0.25) is 0 Å². The highest BCUT2D eigenvalue weighted by molar-refractivity contribution is 6.14. The van der Waals surface area contributed by atoms with Crippen molar-refractivity contribution in [1.29, 1.82) is 0 Å². The average molecular weight is 740 g/mol. The number of fused-ring (bicyclic) bond motifs is 8. The van der Waals surface area contributed by atoms with Crippen LogP contribution in [0.15, 0.2) is 200 Å². The van der Waals surface area contributed by atoms with Crippen LogP contribution in [-0.2, 0) is 0 Å². The molecule has 5 nitrogen and oxygen atoms in total. The molecular weight excluding hydrogens is 707 g/mol. The minimum atomic E-state index is 0.615. The quantitative estimate of drug-likeness (QED) is 0.177. The largest absolute Gasteiger partial charge is 0.309 e. The summed E-state index contributed by atoms with van der Waals surface area (Å²) in [5.41, 5.74) is 9.51. The van der Waals surface area contributed by atoms with Crippen molar-refractivity contribution in [3.8, 4) is 45.5 Å². The lowest BCUT2D eigenvalue weighted by molar-refractivity contribution is 1.07. The maximum atomic E-state index is 5.29. The van der Waals surface area contributed by atoms with E-state index >= 15 is 0 Å². The number of rotatable bonds is 5. The highest BCUT2D eigenvalue weighted by Gasteiger charge is 2.19. The molecule has 0 saturated carbocycles. The highest BCUT2D eigenvalue weighted by Crippen LogP contribution is 2.38. The fourth-order valence-corrected chi connectivity index (χ4v) is 8.86. The smallest absolute Gasteiger partial charge is 0.164 e. The second kappa shape index (κ2) is 12.8. The van der Waals surface area contributed by atoms with E-state index in [0.29, 0.717) is 17.5 Å². The van der Waals surface area contributed by atoms with Gasteiger partial charge in [0.25, 0.3) is 0 Å². The molecule has 270 valence electrons. The van der Waals surface area contributed by atoms with Crippen LogP contribution >= 0.6 is 0 Å². The number of hydrogen-bond donors (Lipinski definition) is 0. The summed E-state index contributed by atoms with van der Waals surface area (Å²) in [7, 11) is 0. The van der Waals surface area contributed by atoms with Gasteiger partial charge in [0.15, 0.2) is 17.5 Å². The topological polar surface area (TPSA) is 48.5 Å². The zero-order chi connectivity index (χ0) is 38.2. The molecule has 0 unspecified atom stereocenters. The molecule has 9 aromatic carbocycles. The molecule has 3 aromatic heterocycles. The first-order chi connectivity index (χ1) is 28.7. The van der Waals surface area contributed by atoms with Gasteiger partial charge in [0, 0.05) is 49.6 Å². The Morgan fingerprint density at radius 3 is 1.57 bits per heavy atom. The van der Waals surface area contributed by atoms with Gasteiger partial charge in [0.05, 0.1) is 22.1 Å². The molecule has 0 radical (unpaired) electrons. The van der Waals surface area contributed by atoms with Crippen molar-refractivity contribution in [2.45, 2.75) is 0 Å². The van der Waals surface area contributed by atoms with Crippen molar-refractivity contribution in [3.05, 3.63) is 200 Å². The van der Waals surface area contributed by atoms with Crippen LogP contribution < -0.4 is 0 Å². The van der Waals surface area contributed by atoms with Crippen LogP contribution in [0.3, 0.4) is 0 Å². The van der Waals surface area contributed by atoms with Crippen LogP contribution in [-0.4, -0.2) is 24.1 Å². The van der Waals surface area contributed by atoms with E-state index in [-0.39, 0.29) is 0 Å². The SMILES string of the molecule is c1ccc(-n2c3ccccc3c3ccc(-c4nc(-c5cccc(-n6c7ccccc7c7cc8ccccc8cc76)c5)nc(-c5cccc6ccccc56)n4)cc32)cc1. The van der Waals surface area contributed by atoms with Crippen molar-refractivity contribution in [3.63, 3.8) is 0 Å². The molecular formula is C53H33N5. The molecule has 12 rings (SSSR count). The van der Waals surface area contributed by atoms with Gasteiger partial charge in [-0.05, 0) is 76.1 Å². The summed E-state index contributed by atoms with van der Waals surface area (Å²) in [4.78, 5) is 15.8. The van der Waals surface area contributed by atoms with E-state index in [9.17, 15) is 0 Å². The maximum Gasteiger partial charge on any atom is 0.164 e. The van der Waals surface area contributed by atoms with E-state index in [4.69, 9.17) is 15.0 Å². The molecule has 58 heavy (non-hydrogen) atoms. The van der Waals surface area contributed by atoms with Crippen molar-refractivity contribution in [1.82, 2.24) is 24.1 Å². The number of benzene rings is 9. The highest BCUT2D eigenvalue weighted by atomic mass is 15.0. The van der Waals surface area contributed by atoms with Crippen LogP contribution in [0.1, 0.15) is 0 Å². The predicted octanol–water partition coefficient (Wildman–Crippen LogP) is 13.4. The van der Waals surface area contributed by atoms with Gasteiger partial charge < -0.3 is 9.13 Å². The van der Waals surface area contributed by atoms with Crippen LogP contribution in [0.2, 0.25) is 0 Å². The minimum absolute atomic E-state index is 0.615. The van der Waals surface area contributed by atoms with Crippen molar-refractivity contribution < 1.29 is 0 Å². The average Bonchev–Trinajstić information content (AvgIpc) is 3.80. The van der Waals surface area contributed by atoms with Crippen LogP contribution in [0, 0.1) is 0 Å². The lowest BCUT2D eigenvalue weighted by atomic mass is 10.0. The van der Waals surface area contributed by atoms with E-state index in [1.165, 1.54) is 32.3 Å². The Hall–Kier alpha value is -7.89. The molecule has 0 amide bonds. The molecule has 0 atom stereocenters. The van der Waals surface area contributed by atoms with Crippen molar-refractivity contribution in [2.75, 3.05) is 0 Å². The Balaban J connectivity index is 1.09. The molecule has 3 heterocycles. The molecule has 0 fully saturated rings. The molecule has 0 spiro atoms. The monoisotopic (exact) mass is 739 g/mol. The Morgan fingerprint density at radius 2 is 0.793 bits per heavy atom. The lowest BCUT2D eigenvalue weighted by Crippen LogP contribution is -2.02. The standard InChI is InChI=1S/C53H33N5/c1-2-19-39(20-3-1)57-47-26-10-8-23-42(47)44-29-28-38(33-49(44)57)52-54-51(55-53(56-52)45-25-13-17-34-14-6-7-22-41(34)45)37-18-12-21-40(30-37)58-48-27-11-9-24-43(48)46-31-35-15-4-5-16-36(35)32-50(46)58/h1-33H. The molecule has 12 aromatic rings. The zero-order valence-corrected chi connectivity index (χ0v) is 31.3. The van der Waals surface area contributed by atoms with Crippen molar-refractivity contribution in [2.24, 2.45) is 0 Å². The molecule has 0 saturated heterocycles. The summed E-state index contributed by atoms with van der Waals surface area (Å²) in [6, 6.07) is 70.9. The summed E-state index contributed by atoms with van der Waals surface area (Å²) in [6.45, 7) is 0. The van der Waals surface area contributed by atoms with Crippen LogP contribution in [0.25, 0.3) is 111 Å². The first kappa shape index (κ1) is 32.4. The molecule has 0 aliphatic carbocycles. The van der Waals surface area contributed by atoms with Crippen LogP contribution in [0.4, 0.5) is 0 Å². The molecule has 0 aliphatic rings. The molecule has 0 bridgehead atoms. The summed E-state index contributed by atoms with van der Waals surface area (Å²) in [5.74, 6) is 1.87. The number of hydrogen-bond acceptors (Lipinski definition) is 3. The van der Waals surface area contributed by atoms with Crippen molar-refractivity contribution >= 4 is 65.2 Å². The Kier molecular flexibility index (Phi) is 7.16. The first-order valence-corrected chi connectivity index (χ1v) is 19.6. The van der Waals surface area contributed by atoms with Gasteiger partial charge in [0.2, 0.25) is 0 Å². The van der Waals surface area contributed by atoms with Gasteiger partial charge >= 0.3 is 0 Å². The maximum absolute atomic E-state index is 5.29. The summed E-state index contributed by atoms with van der Waals surface area (Å²) in [6.07, 6.45) is 0. The first-order valence-electron chi connectivity index (χ1n) is 19.6. The third kappa shape index (κ3) is 5.07. The number of aromatic nitrogens is 5. The second-order valence-electron chi connectivity index (χ2n) is 14.9. The third-order valence-electron chi connectivity index (χ3n) is 11.5. The fourth-order valence-electron chi connectivity index (χ4n) is 8.86. The minimum Gasteiger partial charge on any atom is -0.309 e. The zero-order valence-electron chi connectivity index (χ0n) is 31.3. The van der Waals surface area contributed by atoms with E-state index in [2.05, 4.69) is 209 Å². The molecule has 5 heteroatoms. The number of para-hydroxylation sites is 3. The number of nitrogens with zero attached hydrogens (tertiary/aromatic N) is 5. The van der Waals surface area contributed by atoms with E-state index in [0.717, 1.165) is 60.9 Å². The van der Waals surface area contributed by atoms with Gasteiger partial charge in [-0.1, -0.05) is 146 Å². The fraction of sp³-hybridized carbons (Fsp3) is 0. The van der Waals surface area contributed by atoms with Gasteiger partial charge in [-0.2, -0.15) is 0 Å². The Labute approximate surface area is 333 Å².